The van der Waals surface area contributed by atoms with Gasteiger partial charge < -0.3 is 20.3 Å². The summed E-state index contributed by atoms with van der Waals surface area (Å²) in [6.45, 7) is 3.78. The zero-order chi connectivity index (χ0) is 49.8. The molecule has 71 heavy (non-hydrogen) atoms. The van der Waals surface area contributed by atoms with E-state index in [0.29, 0.717) is 90.8 Å². The van der Waals surface area contributed by atoms with Crippen molar-refractivity contribution in [1.29, 1.82) is 0 Å². The molecule has 0 aliphatic carbocycles. The molecule has 6 aromatic rings. The normalized spacial score (nSPS) is 18.8. The molecule has 3 fully saturated rings. The van der Waals surface area contributed by atoms with Crippen molar-refractivity contribution in [2.75, 3.05) is 41.5 Å². The Morgan fingerprint density at radius 2 is 1.66 bits per heavy atom. The molecular weight excluding hydrogens is 944 g/mol. The number of fused-ring (bicyclic) bond motifs is 2. The Hall–Kier alpha value is -7.62. The third kappa shape index (κ3) is 8.84. The topological polar surface area (TPSA) is 220 Å². The molecule has 4 N–H and O–H groups in total. The molecule has 0 saturated carbocycles. The lowest BCUT2D eigenvalue weighted by Gasteiger charge is -2.38. The number of piperidine rings is 3. The van der Waals surface area contributed by atoms with Gasteiger partial charge in [-0.05, 0) is 81.0 Å². The van der Waals surface area contributed by atoms with Crippen LogP contribution in [0, 0.1) is 11.7 Å². The number of hydrogen-bond donors (Lipinski definition) is 3. The zero-order valence-corrected chi connectivity index (χ0v) is 39.3. The maximum Gasteiger partial charge on any atom is 0.330 e. The molecule has 3 aromatic heterocycles. The molecule has 3 atom stereocenters. The van der Waals surface area contributed by atoms with Gasteiger partial charge in [-0.1, -0.05) is 24.3 Å². The van der Waals surface area contributed by atoms with E-state index in [4.69, 9.17) is 20.7 Å². The van der Waals surface area contributed by atoms with Crippen molar-refractivity contribution in [3.63, 3.8) is 0 Å². The van der Waals surface area contributed by atoms with Crippen LogP contribution in [0.3, 0.4) is 0 Å². The number of rotatable bonds is 12. The Labute approximate surface area is 406 Å². The highest BCUT2D eigenvalue weighted by Crippen LogP contribution is 2.41. The van der Waals surface area contributed by atoms with Crippen LogP contribution < -0.4 is 25.4 Å². The van der Waals surface area contributed by atoms with Crippen molar-refractivity contribution < 1.29 is 46.1 Å². The number of anilines is 3. The average Bonchev–Trinajstić information content (AvgIpc) is 4.07. The molecule has 368 valence electrons. The maximum absolute atomic E-state index is 13.9. The highest BCUT2D eigenvalue weighted by molar-refractivity contribution is 7.86. The Morgan fingerprint density at radius 3 is 2.38 bits per heavy atom. The van der Waals surface area contributed by atoms with E-state index in [1.807, 2.05) is 20.7 Å². The summed E-state index contributed by atoms with van der Waals surface area (Å²) < 4.78 is 64.8. The summed E-state index contributed by atoms with van der Waals surface area (Å²) in [6, 6.07) is 14.4. The van der Waals surface area contributed by atoms with Gasteiger partial charge in [-0.15, -0.1) is 0 Å². The quantitative estimate of drug-likeness (QED) is 0.118. The van der Waals surface area contributed by atoms with E-state index in [2.05, 4.69) is 15.0 Å². The predicted octanol–water partition coefficient (Wildman–Crippen LogP) is 6.14. The Kier molecular flexibility index (Phi) is 12.6. The molecule has 18 nitrogen and oxygen atoms in total. The number of pyridine rings is 1. The summed E-state index contributed by atoms with van der Waals surface area (Å²) >= 11 is 0. The van der Waals surface area contributed by atoms with Crippen molar-refractivity contribution in [3.05, 3.63) is 102 Å². The number of ether oxygens (including phenoxy) is 1. The second kappa shape index (κ2) is 18.9. The van der Waals surface area contributed by atoms with Crippen LogP contribution in [0.5, 0.6) is 5.75 Å². The lowest BCUT2D eigenvalue weighted by atomic mass is 9.93. The molecule has 7 heterocycles. The van der Waals surface area contributed by atoms with Gasteiger partial charge >= 0.3 is 5.76 Å². The van der Waals surface area contributed by atoms with Crippen LogP contribution in [0.25, 0.3) is 33.3 Å². The lowest BCUT2D eigenvalue weighted by Crippen LogP contribution is -2.54. The van der Waals surface area contributed by atoms with Crippen LogP contribution in [0.4, 0.5) is 30.4 Å². The van der Waals surface area contributed by atoms with E-state index >= 15 is 0 Å². The molecule has 0 radical (unpaired) electrons. The predicted molar refractivity (Wildman–Crippen MR) is 256 cm³/mol. The van der Waals surface area contributed by atoms with E-state index in [9.17, 15) is 41.4 Å². The van der Waals surface area contributed by atoms with E-state index in [1.54, 1.807) is 73.5 Å². The van der Waals surface area contributed by atoms with Crippen LogP contribution in [0.2, 0.25) is 0 Å². The fourth-order valence-electron chi connectivity index (χ4n) is 10.2. The van der Waals surface area contributed by atoms with Crippen LogP contribution >= 0.6 is 0 Å². The number of hydrogen-bond acceptors (Lipinski definition) is 12. The Balaban J connectivity index is 0.804. The van der Waals surface area contributed by atoms with Crippen molar-refractivity contribution >= 4 is 68.6 Å². The summed E-state index contributed by atoms with van der Waals surface area (Å²) in [7, 11) is -0.963. The number of nitrogen functional groups attached to an aromatic ring is 1. The number of amides is 5. The summed E-state index contributed by atoms with van der Waals surface area (Å²) in [6.07, 6.45) is 7.24. The largest absolute Gasteiger partial charge is 0.484 e. The lowest BCUT2D eigenvalue weighted by molar-refractivity contribution is -0.138. The number of benzene rings is 3. The van der Waals surface area contributed by atoms with Crippen molar-refractivity contribution in [1.82, 2.24) is 39.7 Å². The van der Waals surface area contributed by atoms with Gasteiger partial charge in [-0.25, -0.2) is 13.6 Å². The number of carbonyl (C=O) groups is 5. The third-order valence-electron chi connectivity index (χ3n) is 13.9. The number of imide groups is 2. The summed E-state index contributed by atoms with van der Waals surface area (Å²) in [4.78, 5) is 74.9. The monoisotopic (exact) mass is 991 g/mol. The second-order valence-electron chi connectivity index (χ2n) is 18.1. The average molecular weight is 992 g/mol. The highest BCUT2D eigenvalue weighted by atomic mass is 32.2. The molecular formula is C49H48F3N11O7S. The molecule has 3 saturated heterocycles. The van der Waals surface area contributed by atoms with Gasteiger partial charge in [0, 0.05) is 74.6 Å². The van der Waals surface area contributed by atoms with Crippen LogP contribution in [0.1, 0.15) is 83.9 Å². The first-order valence-corrected chi connectivity index (χ1v) is 24.4. The molecule has 3 unspecified atom stereocenters. The van der Waals surface area contributed by atoms with Crippen LogP contribution in [0.15, 0.2) is 79.3 Å². The van der Waals surface area contributed by atoms with Gasteiger partial charge in [0.05, 0.1) is 45.6 Å². The number of nitrogens with zero attached hydrogens (tertiary/aromatic N) is 8. The van der Waals surface area contributed by atoms with Gasteiger partial charge in [-0.2, -0.15) is 19.0 Å². The van der Waals surface area contributed by atoms with Crippen molar-refractivity contribution in [2.45, 2.75) is 69.4 Å². The van der Waals surface area contributed by atoms with Crippen molar-refractivity contribution in [2.24, 2.45) is 13.0 Å². The molecule has 22 heteroatoms. The summed E-state index contributed by atoms with van der Waals surface area (Å²) in [5, 5.41) is 12.3. The van der Waals surface area contributed by atoms with Crippen LogP contribution in [-0.4, -0.2) is 106 Å². The van der Waals surface area contributed by atoms with Crippen molar-refractivity contribution in [3.8, 4) is 28.1 Å². The zero-order valence-electron chi connectivity index (χ0n) is 38.5. The fraction of sp³-hybridized carbons (Fsp3) is 0.347. The summed E-state index contributed by atoms with van der Waals surface area (Å²) in [5.41, 5.74) is 11.3. The fourth-order valence-corrected chi connectivity index (χ4v) is 10.6. The number of nitrogens with one attached hydrogen (secondary N) is 2. The minimum absolute atomic E-state index is 0.0105. The smallest absolute Gasteiger partial charge is 0.330 e. The molecule has 4 aliphatic heterocycles. The Morgan fingerprint density at radius 1 is 0.915 bits per heavy atom. The van der Waals surface area contributed by atoms with Gasteiger partial charge in [0.15, 0.2) is 11.0 Å². The van der Waals surface area contributed by atoms with Gasteiger partial charge in [0.25, 0.3) is 11.8 Å². The number of alkyl halides is 2. The standard InChI is InChI=1S/C49H48F3N11O7S/c1-26(27-6-9-31(50)10-7-27)70-38-22-29(8-11-35(38)58-71(69)49(51)52)42-41-43(59(2)57-42)34(24-54-44(41)53)30-23-55-62(25-30)32-16-20-61(21-17-32)46(66)28-14-18-60(19-15-28)36-5-3-4-33-40(36)48(68)63(47(33)67)37-12-13-39(64)56-45(37)65/h3-11,22-26,28,32,37,49,58H,12-21H2,1-2H3,(H2,53,54)(H,56,64,65). The molecule has 3 aromatic carbocycles. The van der Waals surface area contributed by atoms with Crippen LogP contribution in [-0.2, 0) is 32.4 Å². The molecule has 0 bridgehead atoms. The maximum atomic E-state index is 13.9. The highest BCUT2D eigenvalue weighted by Gasteiger charge is 2.46. The van der Waals surface area contributed by atoms with E-state index < -0.39 is 58.3 Å². The first-order valence-electron chi connectivity index (χ1n) is 23.2. The first-order chi connectivity index (χ1) is 34.1. The molecule has 5 amide bonds. The van der Waals surface area contributed by atoms with Gasteiger partial charge in [-0.3, -0.25) is 48.3 Å². The molecule has 10 rings (SSSR count). The minimum Gasteiger partial charge on any atom is -0.484 e. The number of likely N-dealkylation sites (tertiary alicyclic amines) is 1. The number of halogens is 3. The summed E-state index contributed by atoms with van der Waals surface area (Å²) in [5.74, 6) is -5.66. The Bertz CT molecular complexity index is 3150. The van der Waals surface area contributed by atoms with E-state index in [-0.39, 0.29) is 59.1 Å². The molecule has 0 spiro atoms. The van der Waals surface area contributed by atoms with Gasteiger partial charge in [0.1, 0.15) is 35.2 Å². The van der Waals surface area contributed by atoms with E-state index in [0.717, 1.165) is 10.5 Å². The third-order valence-corrected chi connectivity index (χ3v) is 14.6. The van der Waals surface area contributed by atoms with Gasteiger partial charge in [0.2, 0.25) is 17.7 Å². The number of aryl methyl sites for hydroxylation is 1. The van der Waals surface area contributed by atoms with E-state index in [1.165, 1.54) is 18.2 Å². The number of carbonyl (C=O) groups excluding carboxylic acids is 5. The minimum atomic E-state index is -3.16. The number of nitrogens with two attached hydrogens (primary N) is 1. The number of aromatic nitrogens is 5. The SMILES string of the molecule is CC(Oc1cc(-c2nn(C)c3c(-c4cnn(C5CCN(C(=O)C6CCN(c7cccc8c7C(=O)N(C7CCC(=O)NC7=O)C8=O)CC6)CC5)c4)cnc(N)c23)ccc1NS(=O)C(F)F)c1ccc(F)cc1. The molecule has 4 aliphatic rings. The first kappa shape index (κ1) is 47.1. The second-order valence-corrected chi connectivity index (χ2v) is 19.3.